The lowest BCUT2D eigenvalue weighted by Gasteiger charge is -2.39. The molecule has 0 saturated carbocycles. The molecule has 1 aliphatic rings. The molecule has 3 N–H and O–H groups in total. The maximum atomic E-state index is 9.75. The molecule has 2 unspecified atom stereocenters. The average molecular weight is 278 g/mol. The van der Waals surface area contributed by atoms with Crippen LogP contribution in [0.3, 0.4) is 0 Å². The fourth-order valence-electron chi connectivity index (χ4n) is 3.07. The van der Waals surface area contributed by atoms with Gasteiger partial charge in [-0.05, 0) is 49.9 Å². The monoisotopic (exact) mass is 278 g/mol. The van der Waals surface area contributed by atoms with E-state index >= 15 is 0 Å². The quantitative estimate of drug-likeness (QED) is 0.868. The molecule has 0 amide bonds. The van der Waals surface area contributed by atoms with Gasteiger partial charge in [-0.15, -0.1) is 0 Å². The first-order valence-electron chi connectivity index (χ1n) is 7.54. The number of rotatable bonds is 5. The van der Waals surface area contributed by atoms with Gasteiger partial charge in [0, 0.05) is 19.1 Å². The fourth-order valence-corrected chi connectivity index (χ4v) is 3.07. The van der Waals surface area contributed by atoms with Gasteiger partial charge >= 0.3 is 0 Å². The van der Waals surface area contributed by atoms with Crippen LogP contribution in [0.5, 0.6) is 11.5 Å². The Labute approximate surface area is 121 Å². The van der Waals surface area contributed by atoms with E-state index in [2.05, 4.69) is 11.8 Å². The zero-order valence-corrected chi connectivity index (χ0v) is 12.5. The average Bonchev–Trinajstić information content (AvgIpc) is 2.43. The molecule has 0 aliphatic carbocycles. The summed E-state index contributed by atoms with van der Waals surface area (Å²) >= 11 is 0. The molecule has 112 valence electrons. The van der Waals surface area contributed by atoms with Crippen molar-refractivity contribution in [1.82, 2.24) is 4.90 Å². The Bertz CT molecular complexity index is 436. The second kappa shape index (κ2) is 6.95. The van der Waals surface area contributed by atoms with Crippen molar-refractivity contribution < 1.29 is 9.84 Å². The van der Waals surface area contributed by atoms with Gasteiger partial charge in [-0.1, -0.05) is 13.0 Å². The van der Waals surface area contributed by atoms with Gasteiger partial charge in [0.2, 0.25) is 0 Å². The van der Waals surface area contributed by atoms with Gasteiger partial charge in [0.05, 0.1) is 6.61 Å². The molecule has 1 aromatic rings. The number of aromatic hydroxyl groups is 1. The lowest BCUT2D eigenvalue weighted by Crippen LogP contribution is -2.47. The van der Waals surface area contributed by atoms with E-state index in [9.17, 15) is 5.11 Å². The minimum absolute atomic E-state index is 0.206. The largest absolute Gasteiger partial charge is 0.504 e. The molecule has 2 rings (SSSR count). The molecule has 1 heterocycles. The normalized spacial score (nSPS) is 23.8. The third-order valence-corrected chi connectivity index (χ3v) is 4.18. The number of likely N-dealkylation sites (tertiary alicyclic amines) is 1. The lowest BCUT2D eigenvalue weighted by atomic mass is 9.90. The van der Waals surface area contributed by atoms with E-state index < -0.39 is 0 Å². The predicted molar refractivity (Wildman–Crippen MR) is 80.9 cm³/mol. The summed E-state index contributed by atoms with van der Waals surface area (Å²) < 4.78 is 5.45. The van der Waals surface area contributed by atoms with E-state index in [0.29, 0.717) is 30.9 Å². The molecule has 0 aromatic heterocycles. The van der Waals surface area contributed by atoms with Gasteiger partial charge in [-0.2, -0.15) is 0 Å². The second-order valence-electron chi connectivity index (χ2n) is 5.63. The summed E-state index contributed by atoms with van der Waals surface area (Å²) in [5.41, 5.74) is 7.10. The highest BCUT2D eigenvalue weighted by molar-refractivity contribution is 5.41. The second-order valence-corrected chi connectivity index (χ2v) is 5.63. The van der Waals surface area contributed by atoms with Crippen molar-refractivity contribution in [1.29, 1.82) is 0 Å². The highest BCUT2D eigenvalue weighted by atomic mass is 16.5. The van der Waals surface area contributed by atoms with Crippen LogP contribution in [-0.2, 0) is 6.54 Å². The first-order chi connectivity index (χ1) is 9.65. The van der Waals surface area contributed by atoms with Crippen LogP contribution in [0.4, 0.5) is 0 Å². The summed E-state index contributed by atoms with van der Waals surface area (Å²) in [6.45, 7) is 7.43. The van der Waals surface area contributed by atoms with Crippen LogP contribution in [-0.4, -0.2) is 35.7 Å². The van der Waals surface area contributed by atoms with E-state index in [4.69, 9.17) is 10.5 Å². The summed E-state index contributed by atoms with van der Waals surface area (Å²) in [5, 5.41) is 9.75. The zero-order valence-electron chi connectivity index (χ0n) is 12.5. The number of phenols is 1. The van der Waals surface area contributed by atoms with E-state index in [1.165, 1.54) is 18.4 Å². The first-order valence-corrected chi connectivity index (χ1v) is 7.54. The lowest BCUT2D eigenvalue weighted by molar-refractivity contribution is 0.0989. The van der Waals surface area contributed by atoms with Crippen LogP contribution in [0.1, 0.15) is 32.3 Å². The zero-order chi connectivity index (χ0) is 14.5. The van der Waals surface area contributed by atoms with E-state index in [0.717, 1.165) is 13.1 Å². The topological polar surface area (TPSA) is 58.7 Å². The summed E-state index contributed by atoms with van der Waals surface area (Å²) in [4.78, 5) is 2.45. The van der Waals surface area contributed by atoms with Gasteiger partial charge in [0.15, 0.2) is 11.5 Å². The van der Waals surface area contributed by atoms with Crippen LogP contribution in [0.2, 0.25) is 0 Å². The molecule has 0 radical (unpaired) electrons. The Kier molecular flexibility index (Phi) is 5.26. The number of piperidine rings is 1. The van der Waals surface area contributed by atoms with Crippen LogP contribution in [0.15, 0.2) is 18.2 Å². The van der Waals surface area contributed by atoms with Crippen LogP contribution in [0, 0.1) is 5.92 Å². The molecule has 1 aromatic carbocycles. The Morgan fingerprint density at radius 1 is 1.45 bits per heavy atom. The summed E-state index contributed by atoms with van der Waals surface area (Å²) in [6, 6.07) is 6.06. The molecule has 0 bridgehead atoms. The first kappa shape index (κ1) is 15.1. The van der Waals surface area contributed by atoms with E-state index in [1.54, 1.807) is 6.07 Å². The van der Waals surface area contributed by atoms with Crippen molar-refractivity contribution in [3.63, 3.8) is 0 Å². The van der Waals surface area contributed by atoms with Gasteiger partial charge in [-0.3, -0.25) is 4.90 Å². The number of hydrogen-bond acceptors (Lipinski definition) is 4. The molecular weight excluding hydrogens is 252 g/mol. The highest BCUT2D eigenvalue weighted by Crippen LogP contribution is 2.29. The van der Waals surface area contributed by atoms with Crippen molar-refractivity contribution in [2.75, 3.05) is 19.7 Å². The Morgan fingerprint density at radius 3 is 2.95 bits per heavy atom. The predicted octanol–water partition coefficient (Wildman–Crippen LogP) is 2.35. The summed E-state index contributed by atoms with van der Waals surface area (Å²) in [6.07, 6.45) is 2.49. The number of phenolic OH excluding ortho intramolecular Hbond substituents is 1. The molecule has 20 heavy (non-hydrogen) atoms. The van der Waals surface area contributed by atoms with Gasteiger partial charge in [-0.25, -0.2) is 0 Å². The minimum Gasteiger partial charge on any atom is -0.504 e. The number of hydrogen-bond donors (Lipinski definition) is 2. The molecule has 1 fully saturated rings. The SMILES string of the molecule is CCOc1cc(CN2CCCC(C)C2CN)ccc1O. The Hall–Kier alpha value is -1.26. The molecular formula is C16H26N2O2. The maximum Gasteiger partial charge on any atom is 0.161 e. The Morgan fingerprint density at radius 2 is 2.25 bits per heavy atom. The number of nitrogens with two attached hydrogens (primary N) is 1. The molecule has 1 aliphatic heterocycles. The van der Waals surface area contributed by atoms with Crippen molar-refractivity contribution in [2.45, 2.75) is 39.3 Å². The van der Waals surface area contributed by atoms with Crippen molar-refractivity contribution >= 4 is 0 Å². The van der Waals surface area contributed by atoms with E-state index in [-0.39, 0.29) is 5.75 Å². The molecule has 1 saturated heterocycles. The fraction of sp³-hybridized carbons (Fsp3) is 0.625. The minimum atomic E-state index is 0.206. The van der Waals surface area contributed by atoms with Crippen molar-refractivity contribution in [2.24, 2.45) is 11.7 Å². The van der Waals surface area contributed by atoms with E-state index in [1.807, 2.05) is 19.1 Å². The number of benzene rings is 1. The standard InChI is InChI=1S/C16H26N2O2/c1-3-20-16-9-13(6-7-15(16)19)11-18-8-4-5-12(2)14(18)10-17/h6-7,9,12,14,19H,3-5,8,10-11,17H2,1-2H3. The molecule has 2 atom stereocenters. The number of ether oxygens (including phenoxy) is 1. The van der Waals surface area contributed by atoms with Gasteiger partial charge < -0.3 is 15.6 Å². The molecule has 0 spiro atoms. The molecule has 4 nitrogen and oxygen atoms in total. The molecule has 4 heteroatoms. The summed E-state index contributed by atoms with van der Waals surface area (Å²) in [7, 11) is 0. The van der Waals surface area contributed by atoms with Crippen LogP contribution in [0.25, 0.3) is 0 Å². The Balaban J connectivity index is 2.10. The van der Waals surface area contributed by atoms with Crippen molar-refractivity contribution in [3.05, 3.63) is 23.8 Å². The van der Waals surface area contributed by atoms with Crippen LogP contribution >= 0.6 is 0 Å². The third kappa shape index (κ3) is 3.44. The van der Waals surface area contributed by atoms with Crippen LogP contribution < -0.4 is 10.5 Å². The highest BCUT2D eigenvalue weighted by Gasteiger charge is 2.27. The number of nitrogens with zero attached hydrogens (tertiary/aromatic N) is 1. The summed E-state index contributed by atoms with van der Waals surface area (Å²) in [5.74, 6) is 1.43. The third-order valence-electron chi connectivity index (χ3n) is 4.18. The van der Waals surface area contributed by atoms with Gasteiger partial charge in [0.25, 0.3) is 0 Å². The van der Waals surface area contributed by atoms with Crippen molar-refractivity contribution in [3.8, 4) is 11.5 Å². The smallest absolute Gasteiger partial charge is 0.161 e. The van der Waals surface area contributed by atoms with Gasteiger partial charge in [0.1, 0.15) is 0 Å². The maximum absolute atomic E-state index is 9.75.